The molecule has 0 N–H and O–H groups in total. The monoisotopic (exact) mass is 434 g/mol. The topological polar surface area (TPSA) is 86.7 Å². The Balaban J connectivity index is 2.23. The molecule has 2 aliphatic rings. The molecule has 30 heavy (non-hydrogen) atoms. The molecule has 1 atom stereocenters. The van der Waals surface area contributed by atoms with E-state index in [1.54, 1.807) is 37.8 Å². The summed E-state index contributed by atoms with van der Waals surface area (Å²) in [5.74, 6) is 1.33. The van der Waals surface area contributed by atoms with Crippen molar-refractivity contribution in [2.45, 2.75) is 39.3 Å². The Labute approximate surface area is 180 Å². The number of carbonyl (C=O) groups excluding carboxylic acids is 2. The summed E-state index contributed by atoms with van der Waals surface area (Å²) < 4.78 is 21.9. The second kappa shape index (κ2) is 8.99. The Kier molecular flexibility index (Phi) is 6.60. The predicted octanol–water partition coefficient (Wildman–Crippen LogP) is 3.31. The highest BCUT2D eigenvalue weighted by Gasteiger charge is 2.42. The maximum absolute atomic E-state index is 13.0. The number of ether oxygens (including phenoxy) is 4. The van der Waals surface area contributed by atoms with Gasteiger partial charge in [-0.1, -0.05) is 11.8 Å². The molecule has 0 unspecified atom stereocenters. The van der Waals surface area contributed by atoms with Crippen molar-refractivity contribution in [3.05, 3.63) is 29.0 Å². The summed E-state index contributed by atoms with van der Waals surface area (Å²) >= 11 is 1.49. The number of thioether (sulfide) groups is 1. The summed E-state index contributed by atoms with van der Waals surface area (Å²) in [6.07, 6.45) is 0.0473. The van der Waals surface area contributed by atoms with E-state index < -0.39 is 12.0 Å². The van der Waals surface area contributed by atoms with E-state index in [0.29, 0.717) is 51.4 Å². The summed E-state index contributed by atoms with van der Waals surface area (Å²) in [6.45, 7) is 5.31. The van der Waals surface area contributed by atoms with Gasteiger partial charge >= 0.3 is 5.97 Å². The zero-order chi connectivity index (χ0) is 22.0. The molecule has 2 aliphatic heterocycles. The lowest BCUT2D eigenvalue weighted by atomic mass is 9.93. The molecule has 1 saturated heterocycles. The number of benzene rings is 1. The van der Waals surface area contributed by atoms with Gasteiger partial charge in [0, 0.05) is 12.2 Å². The van der Waals surface area contributed by atoms with Crippen LogP contribution in [-0.2, 0) is 14.3 Å². The van der Waals surface area contributed by atoms with Crippen LogP contribution >= 0.6 is 11.8 Å². The van der Waals surface area contributed by atoms with Crippen molar-refractivity contribution in [3.8, 4) is 17.2 Å². The number of allylic oxidation sites excluding steroid dienone is 1. The normalized spacial score (nSPS) is 18.8. The molecule has 1 aromatic rings. The average Bonchev–Trinajstić information content (AvgIpc) is 2.71. The number of aliphatic imine (C=N–C) groups is 1. The second-order valence-corrected chi connectivity index (χ2v) is 8.13. The number of fused-ring (bicyclic) bond motifs is 1. The number of esters is 1. The molecule has 0 bridgehead atoms. The quantitative estimate of drug-likeness (QED) is 0.635. The van der Waals surface area contributed by atoms with Crippen LogP contribution in [0.2, 0.25) is 0 Å². The first kappa shape index (κ1) is 22.0. The fraction of sp³-hybridized carbons (Fsp3) is 0.476. The number of hydrogen-bond acceptors (Lipinski definition) is 8. The van der Waals surface area contributed by atoms with Crippen molar-refractivity contribution < 1.29 is 28.5 Å². The number of hydrogen-bond donors (Lipinski definition) is 0. The van der Waals surface area contributed by atoms with Gasteiger partial charge in [-0.05, 0) is 38.5 Å². The SMILES string of the molecule is COc1cc([C@H]2C(C(=O)OC(C)C)=C(C)N=C3SCCC(=O)N32)cc(OC)c1OC. The van der Waals surface area contributed by atoms with Crippen LogP contribution in [-0.4, -0.2) is 55.1 Å². The minimum Gasteiger partial charge on any atom is -0.493 e. The van der Waals surface area contributed by atoms with Crippen LogP contribution in [0.15, 0.2) is 28.4 Å². The van der Waals surface area contributed by atoms with Gasteiger partial charge in [0.25, 0.3) is 0 Å². The number of rotatable bonds is 6. The van der Waals surface area contributed by atoms with E-state index in [9.17, 15) is 9.59 Å². The summed E-state index contributed by atoms with van der Waals surface area (Å²) in [7, 11) is 4.56. The second-order valence-electron chi connectivity index (χ2n) is 7.07. The minimum atomic E-state index is -0.710. The Morgan fingerprint density at radius 3 is 2.33 bits per heavy atom. The van der Waals surface area contributed by atoms with E-state index in [1.807, 2.05) is 0 Å². The number of methoxy groups -OCH3 is 3. The van der Waals surface area contributed by atoms with Gasteiger partial charge in [0.05, 0.1) is 44.7 Å². The first-order valence-corrected chi connectivity index (χ1v) is 10.6. The fourth-order valence-electron chi connectivity index (χ4n) is 3.51. The summed E-state index contributed by atoms with van der Waals surface area (Å²) in [6, 6.07) is 2.78. The van der Waals surface area contributed by atoms with E-state index in [-0.39, 0.29) is 12.0 Å². The van der Waals surface area contributed by atoms with Gasteiger partial charge in [0.1, 0.15) is 0 Å². The number of amides is 1. The van der Waals surface area contributed by atoms with Crippen LogP contribution in [0.3, 0.4) is 0 Å². The maximum atomic E-state index is 13.0. The van der Waals surface area contributed by atoms with E-state index in [4.69, 9.17) is 18.9 Å². The van der Waals surface area contributed by atoms with Gasteiger partial charge in [-0.2, -0.15) is 0 Å². The van der Waals surface area contributed by atoms with Gasteiger partial charge in [-0.15, -0.1) is 0 Å². The summed E-state index contributed by atoms with van der Waals surface area (Å²) in [5.41, 5.74) is 1.48. The lowest BCUT2D eigenvalue weighted by Gasteiger charge is -2.39. The van der Waals surface area contributed by atoms with Crippen LogP contribution in [0.25, 0.3) is 0 Å². The molecule has 1 aromatic carbocycles. The van der Waals surface area contributed by atoms with Crippen molar-refractivity contribution in [3.63, 3.8) is 0 Å². The summed E-state index contributed by atoms with van der Waals surface area (Å²) in [5, 5.41) is 0.573. The molecule has 1 amide bonds. The highest BCUT2D eigenvalue weighted by atomic mass is 32.2. The van der Waals surface area contributed by atoms with Crippen molar-refractivity contribution in [1.29, 1.82) is 0 Å². The predicted molar refractivity (Wildman–Crippen MR) is 114 cm³/mol. The molecule has 0 spiro atoms. The molecule has 0 saturated carbocycles. The molecule has 0 radical (unpaired) electrons. The van der Waals surface area contributed by atoms with Crippen molar-refractivity contribution >= 4 is 28.8 Å². The van der Waals surface area contributed by atoms with Crippen molar-refractivity contribution in [1.82, 2.24) is 4.90 Å². The largest absolute Gasteiger partial charge is 0.493 e. The third-order valence-electron chi connectivity index (χ3n) is 4.77. The van der Waals surface area contributed by atoms with Crippen LogP contribution in [0.1, 0.15) is 38.8 Å². The van der Waals surface area contributed by atoms with Gasteiger partial charge < -0.3 is 18.9 Å². The third-order valence-corrected chi connectivity index (χ3v) is 5.73. The van der Waals surface area contributed by atoms with Gasteiger partial charge in [-0.25, -0.2) is 9.79 Å². The first-order valence-electron chi connectivity index (χ1n) is 9.57. The van der Waals surface area contributed by atoms with Crippen LogP contribution in [0.5, 0.6) is 17.2 Å². The van der Waals surface area contributed by atoms with Gasteiger partial charge in [0.2, 0.25) is 11.7 Å². The molecule has 1 fully saturated rings. The molecular weight excluding hydrogens is 408 g/mol. The minimum absolute atomic E-state index is 0.103. The van der Waals surface area contributed by atoms with Crippen LogP contribution in [0.4, 0.5) is 0 Å². The number of nitrogens with zero attached hydrogens (tertiary/aromatic N) is 2. The average molecular weight is 435 g/mol. The Bertz CT molecular complexity index is 899. The highest BCUT2D eigenvalue weighted by Crippen LogP contribution is 2.46. The van der Waals surface area contributed by atoms with E-state index in [2.05, 4.69) is 4.99 Å². The Morgan fingerprint density at radius 1 is 1.17 bits per heavy atom. The van der Waals surface area contributed by atoms with E-state index in [1.165, 1.54) is 33.1 Å². The molecule has 3 rings (SSSR count). The van der Waals surface area contributed by atoms with E-state index in [0.717, 1.165) is 0 Å². The zero-order valence-corrected chi connectivity index (χ0v) is 18.8. The molecule has 8 nitrogen and oxygen atoms in total. The highest BCUT2D eigenvalue weighted by molar-refractivity contribution is 8.14. The van der Waals surface area contributed by atoms with Crippen LogP contribution in [0, 0.1) is 0 Å². The maximum Gasteiger partial charge on any atom is 0.338 e. The Morgan fingerprint density at radius 2 is 1.80 bits per heavy atom. The lowest BCUT2D eigenvalue weighted by molar-refractivity contribution is -0.143. The lowest BCUT2D eigenvalue weighted by Crippen LogP contribution is -2.46. The Hall–Kier alpha value is -2.68. The van der Waals surface area contributed by atoms with Crippen molar-refractivity contribution in [2.24, 2.45) is 4.99 Å². The molecule has 0 aliphatic carbocycles. The van der Waals surface area contributed by atoms with Gasteiger partial charge in [-0.3, -0.25) is 9.69 Å². The fourth-order valence-corrected chi connectivity index (χ4v) is 4.52. The number of amidine groups is 1. The molecular formula is C21H26N2O6S. The van der Waals surface area contributed by atoms with Crippen LogP contribution < -0.4 is 14.2 Å². The standard InChI is InChI=1S/C21H26N2O6S/c1-11(2)29-20(25)17-12(3)22-21-23(16(24)7-8-30-21)18(17)13-9-14(26-4)19(28-6)15(10-13)27-5/h9-11,18H,7-8H2,1-6H3/t18-/m0/s1. The molecule has 2 heterocycles. The van der Waals surface area contributed by atoms with Gasteiger partial charge in [0.15, 0.2) is 16.7 Å². The molecule has 0 aromatic heterocycles. The summed E-state index contributed by atoms with van der Waals surface area (Å²) in [4.78, 5) is 32.0. The number of carbonyl (C=O) groups is 2. The van der Waals surface area contributed by atoms with Crippen molar-refractivity contribution in [2.75, 3.05) is 27.1 Å². The molecule has 9 heteroatoms. The molecule has 162 valence electrons. The zero-order valence-electron chi connectivity index (χ0n) is 18.0. The smallest absolute Gasteiger partial charge is 0.338 e. The third kappa shape index (κ3) is 3.98. The first-order chi connectivity index (χ1) is 14.3. The van der Waals surface area contributed by atoms with E-state index >= 15 is 0 Å².